The summed E-state index contributed by atoms with van der Waals surface area (Å²) in [6.45, 7) is 8.99. The molecule has 0 saturated carbocycles. The molecule has 1 aliphatic rings. The van der Waals surface area contributed by atoms with Crippen molar-refractivity contribution >= 4 is 5.78 Å². The number of aryl methyl sites for hydroxylation is 1. The first-order valence-electron chi connectivity index (χ1n) is 8.44. The zero-order chi connectivity index (χ0) is 15.5. The van der Waals surface area contributed by atoms with E-state index in [1.807, 2.05) is 0 Å². The number of carbonyl (C=O) groups is 1. The van der Waals surface area contributed by atoms with E-state index in [0.29, 0.717) is 23.0 Å². The Hall–Kier alpha value is -1.11. The minimum atomic E-state index is 0.317. The standard InChI is InChI=1S/C20H30O/c1-15(14-20(2,3)4)12-18(21)13-17-10-7-9-16-8-5-6-11-19(16)17/h5-6,8,11,15,17H,7,9-10,12-14H2,1-4H3. The van der Waals surface area contributed by atoms with E-state index in [2.05, 4.69) is 52.0 Å². The monoisotopic (exact) mass is 286 g/mol. The van der Waals surface area contributed by atoms with E-state index in [1.165, 1.54) is 30.4 Å². The molecule has 1 aromatic rings. The predicted octanol–water partition coefficient (Wildman–Crippen LogP) is 5.53. The molecular formula is C20H30O. The molecule has 2 rings (SSSR count). The lowest BCUT2D eigenvalue weighted by atomic mass is 9.78. The molecule has 2 atom stereocenters. The molecule has 1 nitrogen and oxygen atoms in total. The van der Waals surface area contributed by atoms with Crippen molar-refractivity contribution in [1.29, 1.82) is 0 Å². The molecule has 1 aromatic carbocycles. The van der Waals surface area contributed by atoms with Crippen LogP contribution >= 0.6 is 0 Å². The van der Waals surface area contributed by atoms with Gasteiger partial charge in [0.15, 0.2) is 0 Å². The molecule has 21 heavy (non-hydrogen) atoms. The minimum Gasteiger partial charge on any atom is -0.300 e. The van der Waals surface area contributed by atoms with E-state index in [0.717, 1.165) is 19.3 Å². The molecule has 0 aromatic heterocycles. The molecule has 0 bridgehead atoms. The second kappa shape index (κ2) is 6.77. The summed E-state index contributed by atoms with van der Waals surface area (Å²) >= 11 is 0. The summed E-state index contributed by atoms with van der Waals surface area (Å²) in [6, 6.07) is 8.69. The van der Waals surface area contributed by atoms with Gasteiger partial charge in [0.2, 0.25) is 0 Å². The SMILES string of the molecule is CC(CC(=O)CC1CCCc2ccccc21)CC(C)(C)C. The van der Waals surface area contributed by atoms with E-state index in [4.69, 9.17) is 0 Å². The van der Waals surface area contributed by atoms with Crippen molar-refractivity contribution in [2.24, 2.45) is 11.3 Å². The number of Topliss-reactive ketones (excluding diaryl/α,β-unsaturated/α-hetero) is 1. The lowest BCUT2D eigenvalue weighted by Crippen LogP contribution is -2.17. The average molecular weight is 286 g/mol. The van der Waals surface area contributed by atoms with Crippen LogP contribution in [0.25, 0.3) is 0 Å². The van der Waals surface area contributed by atoms with Gasteiger partial charge in [-0.3, -0.25) is 4.79 Å². The van der Waals surface area contributed by atoms with Crippen molar-refractivity contribution < 1.29 is 4.79 Å². The molecule has 1 heteroatoms. The Morgan fingerprint density at radius 2 is 2.00 bits per heavy atom. The first-order chi connectivity index (χ1) is 9.85. The van der Waals surface area contributed by atoms with Crippen LogP contribution < -0.4 is 0 Å². The van der Waals surface area contributed by atoms with E-state index in [9.17, 15) is 4.79 Å². The second-order valence-corrected chi connectivity index (χ2v) is 8.10. The smallest absolute Gasteiger partial charge is 0.133 e. The molecule has 116 valence electrons. The Morgan fingerprint density at radius 1 is 1.29 bits per heavy atom. The third-order valence-electron chi connectivity index (χ3n) is 4.50. The fourth-order valence-electron chi connectivity index (χ4n) is 3.93. The first-order valence-corrected chi connectivity index (χ1v) is 8.44. The summed E-state index contributed by atoms with van der Waals surface area (Å²) in [6.07, 6.45) is 6.20. The highest BCUT2D eigenvalue weighted by Gasteiger charge is 2.24. The quantitative estimate of drug-likeness (QED) is 0.695. The van der Waals surface area contributed by atoms with Gasteiger partial charge in [-0.1, -0.05) is 52.0 Å². The van der Waals surface area contributed by atoms with Crippen molar-refractivity contribution in [2.75, 3.05) is 0 Å². The maximum absolute atomic E-state index is 12.4. The Labute approximate surface area is 130 Å². The third-order valence-corrected chi connectivity index (χ3v) is 4.50. The molecule has 1 aliphatic carbocycles. The van der Waals surface area contributed by atoms with Crippen LogP contribution in [0, 0.1) is 11.3 Å². The Bertz CT molecular complexity index is 481. The van der Waals surface area contributed by atoms with Gasteiger partial charge >= 0.3 is 0 Å². The normalized spacial score (nSPS) is 19.9. The predicted molar refractivity (Wildman–Crippen MR) is 89.6 cm³/mol. The molecule has 0 radical (unpaired) electrons. The Kier molecular flexibility index (Phi) is 5.24. The number of hydrogen-bond acceptors (Lipinski definition) is 1. The molecule has 0 amide bonds. The third kappa shape index (κ3) is 4.98. The summed E-state index contributed by atoms with van der Waals surface area (Å²) in [5.41, 5.74) is 3.21. The van der Waals surface area contributed by atoms with Crippen LogP contribution in [0.5, 0.6) is 0 Å². The summed E-state index contributed by atoms with van der Waals surface area (Å²) in [5, 5.41) is 0. The minimum absolute atomic E-state index is 0.317. The van der Waals surface area contributed by atoms with Gasteiger partial charge in [0.05, 0.1) is 0 Å². The highest BCUT2D eigenvalue weighted by Crippen LogP contribution is 2.35. The van der Waals surface area contributed by atoms with E-state index >= 15 is 0 Å². The van der Waals surface area contributed by atoms with Gasteiger partial charge in [-0.25, -0.2) is 0 Å². The first kappa shape index (κ1) is 16.3. The molecule has 0 saturated heterocycles. The average Bonchev–Trinajstić information content (AvgIpc) is 2.36. The molecule has 2 unspecified atom stereocenters. The highest BCUT2D eigenvalue weighted by molar-refractivity contribution is 5.79. The van der Waals surface area contributed by atoms with Crippen LogP contribution in [0.1, 0.15) is 76.8 Å². The number of carbonyl (C=O) groups excluding carboxylic acids is 1. The summed E-state index contributed by atoms with van der Waals surface area (Å²) in [5.74, 6) is 1.41. The zero-order valence-corrected chi connectivity index (χ0v) is 14.1. The van der Waals surface area contributed by atoms with Gasteiger partial charge in [-0.2, -0.15) is 0 Å². The fraction of sp³-hybridized carbons (Fsp3) is 0.650. The molecule has 0 spiro atoms. The van der Waals surface area contributed by atoms with Crippen molar-refractivity contribution in [3.63, 3.8) is 0 Å². The van der Waals surface area contributed by atoms with Crippen LogP contribution in [0.15, 0.2) is 24.3 Å². The van der Waals surface area contributed by atoms with Crippen molar-refractivity contribution in [1.82, 2.24) is 0 Å². The van der Waals surface area contributed by atoms with Gasteiger partial charge in [-0.05, 0) is 54.1 Å². The molecule has 0 heterocycles. The summed E-state index contributed by atoms with van der Waals surface area (Å²) < 4.78 is 0. The van der Waals surface area contributed by atoms with Gasteiger partial charge in [0, 0.05) is 12.8 Å². The summed E-state index contributed by atoms with van der Waals surface area (Å²) in [4.78, 5) is 12.4. The van der Waals surface area contributed by atoms with Gasteiger partial charge in [0.1, 0.15) is 5.78 Å². The molecular weight excluding hydrogens is 256 g/mol. The molecule has 0 aliphatic heterocycles. The Balaban J connectivity index is 1.92. The van der Waals surface area contributed by atoms with Crippen molar-refractivity contribution in [2.45, 2.75) is 72.1 Å². The maximum atomic E-state index is 12.4. The van der Waals surface area contributed by atoms with Gasteiger partial charge in [0.25, 0.3) is 0 Å². The largest absolute Gasteiger partial charge is 0.300 e. The van der Waals surface area contributed by atoms with E-state index < -0.39 is 0 Å². The lowest BCUT2D eigenvalue weighted by Gasteiger charge is -2.26. The van der Waals surface area contributed by atoms with Gasteiger partial charge < -0.3 is 0 Å². The molecule has 0 N–H and O–H groups in total. The van der Waals surface area contributed by atoms with Crippen LogP contribution in [0.2, 0.25) is 0 Å². The molecule has 0 fully saturated rings. The van der Waals surface area contributed by atoms with Gasteiger partial charge in [-0.15, -0.1) is 0 Å². The van der Waals surface area contributed by atoms with E-state index in [1.54, 1.807) is 0 Å². The zero-order valence-electron chi connectivity index (χ0n) is 14.1. The number of fused-ring (bicyclic) bond motifs is 1. The van der Waals surface area contributed by atoms with Crippen LogP contribution in [-0.4, -0.2) is 5.78 Å². The maximum Gasteiger partial charge on any atom is 0.133 e. The fourth-order valence-corrected chi connectivity index (χ4v) is 3.93. The van der Waals surface area contributed by atoms with Crippen LogP contribution in [0.4, 0.5) is 0 Å². The highest BCUT2D eigenvalue weighted by atomic mass is 16.1. The topological polar surface area (TPSA) is 17.1 Å². The lowest BCUT2D eigenvalue weighted by molar-refractivity contribution is -0.120. The number of benzene rings is 1. The Morgan fingerprint density at radius 3 is 2.71 bits per heavy atom. The van der Waals surface area contributed by atoms with Crippen molar-refractivity contribution in [3.05, 3.63) is 35.4 Å². The van der Waals surface area contributed by atoms with E-state index in [-0.39, 0.29) is 0 Å². The number of rotatable bonds is 5. The summed E-state index contributed by atoms with van der Waals surface area (Å²) in [7, 11) is 0. The number of hydrogen-bond donors (Lipinski definition) is 0. The van der Waals surface area contributed by atoms with Crippen molar-refractivity contribution in [3.8, 4) is 0 Å². The number of ketones is 1. The van der Waals surface area contributed by atoms with Crippen LogP contribution in [-0.2, 0) is 11.2 Å². The van der Waals surface area contributed by atoms with Crippen LogP contribution in [0.3, 0.4) is 0 Å². The second-order valence-electron chi connectivity index (χ2n) is 8.10.